The largest absolute Gasteiger partial charge is 0.507 e. The van der Waals surface area contributed by atoms with Gasteiger partial charge in [-0.1, -0.05) is 23.5 Å². The lowest BCUT2D eigenvalue weighted by Gasteiger charge is -2.23. The molecule has 0 aliphatic carbocycles. The van der Waals surface area contributed by atoms with Crippen molar-refractivity contribution < 1.29 is 24.2 Å². The zero-order valence-corrected chi connectivity index (χ0v) is 19.8. The number of hydrogen-bond acceptors (Lipinski definition) is 8. The van der Waals surface area contributed by atoms with Crippen LogP contribution in [0.25, 0.3) is 5.76 Å². The van der Waals surface area contributed by atoms with E-state index in [-0.39, 0.29) is 17.4 Å². The number of carbonyl (C=O) groups excluding carboxylic acids is 2. The summed E-state index contributed by atoms with van der Waals surface area (Å²) < 4.78 is 11.4. The number of amides is 1. The molecular weight excluding hydrogens is 454 g/mol. The van der Waals surface area contributed by atoms with Crippen molar-refractivity contribution in [2.45, 2.75) is 39.3 Å². The molecule has 1 N–H and O–H groups in total. The molecule has 174 valence electrons. The molecule has 34 heavy (non-hydrogen) atoms. The van der Waals surface area contributed by atoms with Gasteiger partial charge in [-0.25, -0.2) is 0 Å². The molecule has 5 rings (SSSR count). The van der Waals surface area contributed by atoms with Crippen LogP contribution in [0.3, 0.4) is 0 Å². The van der Waals surface area contributed by atoms with Gasteiger partial charge in [0.25, 0.3) is 5.78 Å². The van der Waals surface area contributed by atoms with E-state index in [1.54, 1.807) is 43.3 Å². The zero-order chi connectivity index (χ0) is 24.0. The van der Waals surface area contributed by atoms with Crippen molar-refractivity contribution in [3.63, 3.8) is 0 Å². The van der Waals surface area contributed by atoms with Gasteiger partial charge in [0.05, 0.1) is 18.2 Å². The van der Waals surface area contributed by atoms with E-state index in [9.17, 15) is 14.7 Å². The molecule has 0 saturated carbocycles. The molecule has 3 aromatic rings. The van der Waals surface area contributed by atoms with E-state index >= 15 is 0 Å². The number of anilines is 1. The fourth-order valence-corrected chi connectivity index (χ4v) is 5.11. The monoisotopic (exact) mass is 477 g/mol. The summed E-state index contributed by atoms with van der Waals surface area (Å²) in [6.07, 6.45) is 0.745. The number of hydrogen-bond donors (Lipinski definition) is 1. The molecule has 0 radical (unpaired) electrons. The van der Waals surface area contributed by atoms with Crippen molar-refractivity contribution >= 4 is 33.9 Å². The lowest BCUT2D eigenvalue weighted by molar-refractivity contribution is -0.132. The third-order valence-corrected chi connectivity index (χ3v) is 6.66. The van der Waals surface area contributed by atoms with Gasteiger partial charge < -0.3 is 14.6 Å². The number of rotatable bonds is 5. The molecule has 8 nitrogen and oxygen atoms in total. The van der Waals surface area contributed by atoms with Gasteiger partial charge >= 0.3 is 5.91 Å². The van der Waals surface area contributed by atoms with Gasteiger partial charge in [0.1, 0.15) is 28.4 Å². The second kappa shape index (κ2) is 8.57. The minimum Gasteiger partial charge on any atom is -0.507 e. The second-order valence-corrected chi connectivity index (χ2v) is 9.39. The smallest absolute Gasteiger partial charge is 0.301 e. The van der Waals surface area contributed by atoms with E-state index in [2.05, 4.69) is 10.2 Å². The molecule has 1 amide bonds. The number of nitrogens with zero attached hydrogens (tertiary/aromatic N) is 3. The summed E-state index contributed by atoms with van der Waals surface area (Å²) in [5.41, 5.74) is 2.02. The average molecular weight is 478 g/mol. The van der Waals surface area contributed by atoms with E-state index in [0.29, 0.717) is 40.0 Å². The average Bonchev–Trinajstić information content (AvgIpc) is 3.48. The van der Waals surface area contributed by atoms with Gasteiger partial charge in [-0.05, 0) is 62.2 Å². The highest BCUT2D eigenvalue weighted by molar-refractivity contribution is 7.15. The molecule has 9 heteroatoms. The highest BCUT2D eigenvalue weighted by Gasteiger charge is 2.48. The summed E-state index contributed by atoms with van der Waals surface area (Å²) in [6, 6.07) is 11.6. The molecule has 2 aliphatic rings. The van der Waals surface area contributed by atoms with E-state index in [1.165, 1.54) is 16.2 Å². The number of aliphatic hydroxyl groups excluding tert-OH is 1. The maximum Gasteiger partial charge on any atom is 0.301 e. The van der Waals surface area contributed by atoms with Crippen molar-refractivity contribution in [3.05, 3.63) is 69.7 Å². The number of ketones is 1. The van der Waals surface area contributed by atoms with Crippen LogP contribution in [0.4, 0.5) is 5.13 Å². The molecule has 2 aliphatic heterocycles. The fraction of sp³-hybridized carbons (Fsp3) is 0.280. The first-order valence-electron chi connectivity index (χ1n) is 11.0. The van der Waals surface area contributed by atoms with Crippen LogP contribution < -0.4 is 14.4 Å². The van der Waals surface area contributed by atoms with Crippen molar-refractivity contribution in [1.29, 1.82) is 0 Å². The number of aromatic nitrogens is 2. The molecular formula is C25H23N3O5S. The topological polar surface area (TPSA) is 102 Å². The van der Waals surface area contributed by atoms with E-state index in [4.69, 9.17) is 9.47 Å². The summed E-state index contributed by atoms with van der Waals surface area (Å²) in [5, 5.41) is 20.4. The van der Waals surface area contributed by atoms with Gasteiger partial charge in [-0.15, -0.1) is 10.2 Å². The van der Waals surface area contributed by atoms with Crippen molar-refractivity contribution in [2.75, 3.05) is 11.5 Å². The number of fused-ring (bicyclic) bond motifs is 1. The lowest BCUT2D eigenvalue weighted by Crippen LogP contribution is -2.29. The number of carbonyl (C=O) groups is 2. The van der Waals surface area contributed by atoms with E-state index < -0.39 is 17.7 Å². The Balaban J connectivity index is 1.68. The van der Waals surface area contributed by atoms with E-state index in [0.717, 1.165) is 11.3 Å². The summed E-state index contributed by atoms with van der Waals surface area (Å²) in [6.45, 7) is 6.09. The minimum absolute atomic E-state index is 0.00147. The van der Waals surface area contributed by atoms with Gasteiger partial charge in [0, 0.05) is 12.0 Å². The van der Waals surface area contributed by atoms with Gasteiger partial charge in [0.15, 0.2) is 0 Å². The molecule has 0 unspecified atom stereocenters. The van der Waals surface area contributed by atoms with Crippen molar-refractivity contribution in [3.8, 4) is 11.5 Å². The third kappa shape index (κ3) is 3.71. The molecule has 2 atom stereocenters. The Labute approximate surface area is 200 Å². The molecule has 3 heterocycles. The Morgan fingerprint density at radius 2 is 2.06 bits per heavy atom. The van der Waals surface area contributed by atoms with Crippen LogP contribution in [0.15, 0.2) is 48.0 Å². The summed E-state index contributed by atoms with van der Waals surface area (Å²) in [4.78, 5) is 27.8. The van der Waals surface area contributed by atoms with Crippen molar-refractivity contribution in [1.82, 2.24) is 10.2 Å². The maximum absolute atomic E-state index is 13.3. The molecule has 0 spiro atoms. The Morgan fingerprint density at radius 3 is 2.79 bits per heavy atom. The Morgan fingerprint density at radius 1 is 1.24 bits per heavy atom. The first-order chi connectivity index (χ1) is 16.4. The van der Waals surface area contributed by atoms with Crippen LogP contribution in [-0.4, -0.2) is 39.7 Å². The SMILES string of the molecule is CCOc1cccc([C@@H]2C(=C(O)c3ccc4c(c3)C[C@H](C)O4)C(=O)C(=O)N2c2nnc(C)s2)c1. The molecule has 1 fully saturated rings. The normalized spacial score (nSPS) is 21.0. The van der Waals surface area contributed by atoms with Crippen molar-refractivity contribution in [2.24, 2.45) is 0 Å². The number of ether oxygens (including phenoxy) is 2. The quantitative estimate of drug-likeness (QED) is 0.334. The Kier molecular flexibility index (Phi) is 5.57. The fourth-order valence-electron chi connectivity index (χ4n) is 4.39. The molecule has 1 saturated heterocycles. The third-order valence-electron chi connectivity index (χ3n) is 5.82. The standard InChI is InChI=1S/C25H23N3O5S/c1-4-32-18-7-5-6-15(12-18)21-20(23(30)24(31)28(21)25-27-26-14(3)34-25)22(29)16-8-9-19-17(11-16)10-13(2)33-19/h5-9,11-13,21,29H,4,10H2,1-3H3/t13-,21+/m0/s1. The van der Waals surface area contributed by atoms with Gasteiger partial charge in [0.2, 0.25) is 5.13 Å². The molecule has 1 aromatic heterocycles. The van der Waals surface area contributed by atoms with E-state index in [1.807, 2.05) is 19.9 Å². The molecule has 0 bridgehead atoms. The second-order valence-electron chi connectivity index (χ2n) is 8.23. The maximum atomic E-state index is 13.3. The van der Waals surface area contributed by atoms with Crippen LogP contribution in [0.1, 0.15) is 41.6 Å². The van der Waals surface area contributed by atoms with Crippen LogP contribution in [0, 0.1) is 6.92 Å². The van der Waals surface area contributed by atoms with Gasteiger partial charge in [-0.2, -0.15) is 0 Å². The predicted molar refractivity (Wildman–Crippen MR) is 127 cm³/mol. The number of aryl methyl sites for hydroxylation is 1. The van der Waals surface area contributed by atoms with Crippen LogP contribution in [-0.2, 0) is 16.0 Å². The first-order valence-corrected chi connectivity index (χ1v) is 11.8. The van der Waals surface area contributed by atoms with Gasteiger partial charge in [-0.3, -0.25) is 14.5 Å². The lowest BCUT2D eigenvalue weighted by atomic mass is 9.94. The first kappa shape index (κ1) is 22.1. The number of benzene rings is 2. The zero-order valence-electron chi connectivity index (χ0n) is 18.9. The number of aliphatic hydroxyl groups is 1. The highest BCUT2D eigenvalue weighted by atomic mass is 32.1. The Bertz CT molecular complexity index is 1330. The molecule has 2 aromatic carbocycles. The number of Topliss-reactive ketones (excluding diaryl/α,β-unsaturated/α-hetero) is 1. The van der Waals surface area contributed by atoms with Crippen LogP contribution in [0.2, 0.25) is 0 Å². The summed E-state index contributed by atoms with van der Waals surface area (Å²) in [5.74, 6) is -0.418. The summed E-state index contributed by atoms with van der Waals surface area (Å²) >= 11 is 1.21. The Hall–Kier alpha value is -3.72. The predicted octanol–water partition coefficient (Wildman–Crippen LogP) is 4.19. The van der Waals surface area contributed by atoms with Crippen LogP contribution in [0.5, 0.6) is 11.5 Å². The highest BCUT2D eigenvalue weighted by Crippen LogP contribution is 2.44. The minimum atomic E-state index is -0.879. The summed E-state index contributed by atoms with van der Waals surface area (Å²) in [7, 11) is 0. The van der Waals surface area contributed by atoms with Crippen LogP contribution >= 0.6 is 11.3 Å².